The normalized spacial score (nSPS) is 10.8. The van der Waals surface area contributed by atoms with E-state index in [1.807, 2.05) is 164 Å². The van der Waals surface area contributed by atoms with Gasteiger partial charge in [0.15, 0.2) is 0 Å². The molecule has 0 saturated heterocycles. The zero-order valence-corrected chi connectivity index (χ0v) is 35.8. The lowest BCUT2D eigenvalue weighted by Crippen LogP contribution is -2.29. The lowest BCUT2D eigenvalue weighted by Gasteiger charge is -2.21. The average molecular weight is 856 g/mol. The number of aromatic nitrogens is 2. The third kappa shape index (κ3) is 13.1. The second kappa shape index (κ2) is 22.4. The van der Waals surface area contributed by atoms with Gasteiger partial charge in [-0.1, -0.05) is 91.0 Å². The van der Waals surface area contributed by atoms with Gasteiger partial charge in [-0.3, -0.25) is 14.5 Å². The van der Waals surface area contributed by atoms with Crippen LogP contribution in [0.15, 0.2) is 173 Å². The van der Waals surface area contributed by atoms with Crippen LogP contribution in [-0.4, -0.2) is 52.0 Å². The van der Waals surface area contributed by atoms with Crippen LogP contribution in [-0.2, 0) is 30.7 Å². The minimum Gasteiger partial charge on any atom is -0.493 e. The molecule has 0 radical (unpaired) electrons. The topological polar surface area (TPSA) is 137 Å². The fraction of sp³-hybridized carbons (Fsp3) is 0.170. The number of aryl methyl sites for hydroxylation is 2. The summed E-state index contributed by atoms with van der Waals surface area (Å²) in [7, 11) is 0. The molecule has 0 aliphatic heterocycles. The average Bonchev–Trinajstić information content (AvgIpc) is 3.89. The molecular formula is C53H49N3O8. The first kappa shape index (κ1) is 44.3. The number of carbonyl (C=O) groups is 2. The molecule has 2 heterocycles. The third-order valence-corrected chi connectivity index (χ3v) is 10.0. The highest BCUT2D eigenvalue weighted by Crippen LogP contribution is 2.25. The Kier molecular flexibility index (Phi) is 15.5. The molecule has 11 heteroatoms. The van der Waals surface area contributed by atoms with E-state index < -0.39 is 5.97 Å². The number of oxazole rings is 2. The zero-order valence-electron chi connectivity index (χ0n) is 35.8. The number of rotatable bonds is 19. The van der Waals surface area contributed by atoms with Crippen molar-refractivity contribution in [3.63, 3.8) is 0 Å². The molecule has 6 aromatic carbocycles. The summed E-state index contributed by atoms with van der Waals surface area (Å²) in [4.78, 5) is 33.4. The van der Waals surface area contributed by atoms with Crippen molar-refractivity contribution in [1.82, 2.24) is 14.9 Å². The molecule has 8 rings (SSSR count). The number of aliphatic carboxylic acids is 1. The van der Waals surface area contributed by atoms with Crippen molar-refractivity contribution < 1.29 is 37.7 Å². The number of ether oxygens (including phenoxy) is 3. The fourth-order valence-electron chi connectivity index (χ4n) is 6.83. The van der Waals surface area contributed by atoms with Gasteiger partial charge in [0.05, 0.1) is 31.1 Å². The Labute approximate surface area is 372 Å². The molecule has 0 unspecified atom stereocenters. The van der Waals surface area contributed by atoms with Crippen LogP contribution in [0.4, 0.5) is 0 Å². The molecule has 8 aromatic rings. The Hall–Kier alpha value is -7.76. The van der Waals surface area contributed by atoms with Crippen molar-refractivity contribution in [2.75, 3.05) is 19.8 Å². The highest BCUT2D eigenvalue weighted by molar-refractivity contribution is 5.75. The van der Waals surface area contributed by atoms with Gasteiger partial charge in [-0.15, -0.1) is 0 Å². The number of carboxylic acid groups (broad SMARTS) is 1. The molecule has 0 fully saturated rings. The van der Waals surface area contributed by atoms with Crippen LogP contribution >= 0.6 is 0 Å². The predicted molar refractivity (Wildman–Crippen MR) is 245 cm³/mol. The van der Waals surface area contributed by atoms with E-state index in [9.17, 15) is 14.7 Å². The monoisotopic (exact) mass is 855 g/mol. The van der Waals surface area contributed by atoms with Gasteiger partial charge in [-0.25, -0.2) is 9.97 Å². The van der Waals surface area contributed by atoms with Crippen molar-refractivity contribution in [3.05, 3.63) is 203 Å². The molecule has 0 saturated carbocycles. The maximum absolute atomic E-state index is 11.6. The number of aldehydes is 1. The van der Waals surface area contributed by atoms with Gasteiger partial charge >= 0.3 is 5.97 Å². The maximum atomic E-state index is 11.6. The SMILES string of the molecule is Cc1oc(-c2ccccc2)nc1CCOc1cccc(C=O)c1.Cc1oc(-c2ccccc2)nc1CCOc1cccc(CN(CC(=O)O)Cc2ccc(Oc3ccccc3)cc2)c1. The van der Waals surface area contributed by atoms with Crippen LogP contribution in [0.25, 0.3) is 22.9 Å². The first-order valence-corrected chi connectivity index (χ1v) is 21.0. The molecule has 0 amide bonds. The van der Waals surface area contributed by atoms with Crippen LogP contribution in [0.2, 0.25) is 0 Å². The third-order valence-electron chi connectivity index (χ3n) is 10.0. The molecule has 2 aromatic heterocycles. The van der Waals surface area contributed by atoms with Crippen molar-refractivity contribution in [2.45, 2.75) is 39.8 Å². The van der Waals surface area contributed by atoms with Crippen molar-refractivity contribution in [2.24, 2.45) is 0 Å². The van der Waals surface area contributed by atoms with E-state index in [4.69, 9.17) is 23.0 Å². The fourth-order valence-corrected chi connectivity index (χ4v) is 6.83. The Morgan fingerprint density at radius 2 is 1.06 bits per heavy atom. The number of para-hydroxylation sites is 1. The second-order valence-corrected chi connectivity index (χ2v) is 14.9. The van der Waals surface area contributed by atoms with Gasteiger partial charge in [0.2, 0.25) is 11.8 Å². The molecule has 64 heavy (non-hydrogen) atoms. The summed E-state index contributed by atoms with van der Waals surface area (Å²) in [6.45, 7) is 5.61. The molecule has 324 valence electrons. The van der Waals surface area contributed by atoms with Gasteiger partial charge in [-0.05, 0) is 97.8 Å². The molecule has 0 aliphatic rings. The van der Waals surface area contributed by atoms with Crippen molar-refractivity contribution in [1.29, 1.82) is 0 Å². The first-order chi connectivity index (χ1) is 31.3. The summed E-state index contributed by atoms with van der Waals surface area (Å²) in [6.07, 6.45) is 2.07. The molecule has 0 aliphatic carbocycles. The van der Waals surface area contributed by atoms with Crippen molar-refractivity contribution >= 4 is 12.3 Å². The van der Waals surface area contributed by atoms with Crippen LogP contribution in [0.3, 0.4) is 0 Å². The Morgan fingerprint density at radius 1 is 0.578 bits per heavy atom. The lowest BCUT2D eigenvalue weighted by atomic mass is 10.1. The van der Waals surface area contributed by atoms with E-state index >= 15 is 0 Å². The number of carbonyl (C=O) groups excluding carboxylic acids is 1. The Balaban J connectivity index is 0.000000225. The summed E-state index contributed by atoms with van der Waals surface area (Å²) < 4.78 is 29.2. The summed E-state index contributed by atoms with van der Waals surface area (Å²) in [5.74, 6) is 4.84. The zero-order chi connectivity index (χ0) is 44.5. The number of nitrogens with zero attached hydrogens (tertiary/aromatic N) is 3. The van der Waals surface area contributed by atoms with E-state index in [2.05, 4.69) is 9.97 Å². The molecule has 1 N–H and O–H groups in total. The number of hydrogen-bond acceptors (Lipinski definition) is 10. The highest BCUT2D eigenvalue weighted by Gasteiger charge is 2.15. The number of hydrogen-bond donors (Lipinski definition) is 1. The van der Waals surface area contributed by atoms with E-state index in [1.54, 1.807) is 18.2 Å². The van der Waals surface area contributed by atoms with Gasteiger partial charge in [0.1, 0.15) is 40.8 Å². The van der Waals surface area contributed by atoms with E-state index in [0.717, 1.165) is 68.7 Å². The van der Waals surface area contributed by atoms with Gasteiger partial charge in [0.25, 0.3) is 0 Å². The molecule has 0 spiro atoms. The van der Waals surface area contributed by atoms with E-state index in [-0.39, 0.29) is 6.54 Å². The lowest BCUT2D eigenvalue weighted by molar-refractivity contribution is -0.138. The quantitative estimate of drug-likeness (QED) is 0.0778. The largest absolute Gasteiger partial charge is 0.493 e. The minimum atomic E-state index is -0.876. The van der Waals surface area contributed by atoms with Gasteiger partial charge in [-0.2, -0.15) is 0 Å². The summed E-state index contributed by atoms with van der Waals surface area (Å²) in [5.41, 5.74) is 6.22. The number of benzene rings is 6. The van der Waals surface area contributed by atoms with Crippen LogP contribution in [0.1, 0.15) is 44.4 Å². The second-order valence-electron chi connectivity index (χ2n) is 14.9. The van der Waals surface area contributed by atoms with E-state index in [1.165, 1.54) is 0 Å². The summed E-state index contributed by atoms with van der Waals surface area (Å²) in [6, 6.07) is 51.8. The van der Waals surface area contributed by atoms with Crippen LogP contribution < -0.4 is 14.2 Å². The predicted octanol–water partition coefficient (Wildman–Crippen LogP) is 11.2. The molecule has 0 atom stereocenters. The highest BCUT2D eigenvalue weighted by atomic mass is 16.5. The molecular weight excluding hydrogens is 807 g/mol. The van der Waals surface area contributed by atoms with Crippen LogP contribution in [0, 0.1) is 13.8 Å². The smallest absolute Gasteiger partial charge is 0.317 e. The van der Waals surface area contributed by atoms with Crippen molar-refractivity contribution in [3.8, 4) is 45.9 Å². The summed E-state index contributed by atoms with van der Waals surface area (Å²) >= 11 is 0. The number of carboxylic acids is 1. The maximum Gasteiger partial charge on any atom is 0.317 e. The van der Waals surface area contributed by atoms with E-state index in [0.29, 0.717) is 62.2 Å². The Morgan fingerprint density at radius 3 is 1.61 bits per heavy atom. The molecule has 11 nitrogen and oxygen atoms in total. The molecule has 0 bridgehead atoms. The van der Waals surface area contributed by atoms with Gasteiger partial charge in [0, 0.05) is 42.6 Å². The minimum absolute atomic E-state index is 0.0808. The Bertz CT molecular complexity index is 2700. The first-order valence-electron chi connectivity index (χ1n) is 21.0. The van der Waals surface area contributed by atoms with Gasteiger partial charge < -0.3 is 28.2 Å². The standard InChI is InChI=1S/C34H32N2O5.C19H17NO3/c1-25-32(35-34(40-25)28-10-4-2-5-11-28)19-20-39-31-14-8-9-27(21-31)23-36(24-33(37)38)22-26-15-17-30(18-16-26)41-29-12-6-3-7-13-29;1-14-18(20-19(23-14)16-7-3-2-4-8-16)10-11-22-17-9-5-6-15(12-17)13-21/h2-18,21H,19-20,22-24H2,1H3,(H,37,38);2-9,12-13H,10-11H2,1H3. The van der Waals surface area contributed by atoms with Crippen LogP contribution in [0.5, 0.6) is 23.0 Å². The summed E-state index contributed by atoms with van der Waals surface area (Å²) in [5, 5.41) is 9.52.